The number of likely N-dealkylation sites (tertiary alicyclic amines) is 1. The molecule has 1 aliphatic rings. The summed E-state index contributed by atoms with van der Waals surface area (Å²) in [5.41, 5.74) is 1.56. The smallest absolute Gasteiger partial charge is 0.257 e. The van der Waals surface area contributed by atoms with Crippen LogP contribution in [-0.2, 0) is 0 Å². The average molecular weight is 533 g/mol. The number of amides is 2. The van der Waals surface area contributed by atoms with Gasteiger partial charge in [-0.15, -0.1) is 0 Å². The van der Waals surface area contributed by atoms with Crippen molar-refractivity contribution in [2.45, 2.75) is 39.5 Å². The van der Waals surface area contributed by atoms with Crippen LogP contribution in [0.1, 0.15) is 60.2 Å². The first-order chi connectivity index (χ1) is 15.9. The number of hydrogen-bond donors (Lipinski definition) is 2. The van der Waals surface area contributed by atoms with Gasteiger partial charge in [0.25, 0.3) is 11.8 Å². The van der Waals surface area contributed by atoms with Crippen LogP contribution in [0.4, 0.5) is 5.69 Å². The summed E-state index contributed by atoms with van der Waals surface area (Å²) in [5, 5.41) is 5.84. The molecule has 176 valence electrons. The van der Waals surface area contributed by atoms with E-state index in [2.05, 4.69) is 40.4 Å². The van der Waals surface area contributed by atoms with E-state index in [0.717, 1.165) is 38.8 Å². The normalized spacial score (nSPS) is 14.0. The highest BCUT2D eigenvalue weighted by Crippen LogP contribution is 2.26. The fourth-order valence-corrected chi connectivity index (χ4v) is 4.27. The number of carbonyl (C=O) groups is 2. The molecule has 0 bridgehead atoms. The van der Waals surface area contributed by atoms with Gasteiger partial charge in [-0.1, -0.05) is 32.4 Å². The van der Waals surface area contributed by atoms with Crippen molar-refractivity contribution in [1.82, 2.24) is 10.2 Å². The number of hydrogen-bond acceptors (Lipinski definition) is 4. The molecule has 0 spiro atoms. The Labute approximate surface area is 209 Å². The lowest BCUT2D eigenvalue weighted by Crippen LogP contribution is -2.39. The molecule has 8 heteroatoms. The lowest BCUT2D eigenvalue weighted by Gasteiger charge is -2.30. The van der Waals surface area contributed by atoms with Crippen molar-refractivity contribution >= 4 is 50.8 Å². The quantitative estimate of drug-likeness (QED) is 0.358. The molecule has 0 aliphatic carbocycles. The van der Waals surface area contributed by atoms with Gasteiger partial charge in [-0.25, -0.2) is 0 Å². The highest BCUT2D eigenvalue weighted by atomic mass is 79.9. The Balaban J connectivity index is 1.62. The van der Waals surface area contributed by atoms with Crippen LogP contribution < -0.4 is 15.4 Å². The number of benzene rings is 2. The second-order valence-electron chi connectivity index (χ2n) is 8.28. The summed E-state index contributed by atoms with van der Waals surface area (Å²) in [6, 6.07) is 12.4. The molecule has 2 amide bonds. The van der Waals surface area contributed by atoms with Crippen molar-refractivity contribution in [3.63, 3.8) is 0 Å². The zero-order chi connectivity index (χ0) is 23.8. The van der Waals surface area contributed by atoms with Gasteiger partial charge in [-0.3, -0.25) is 14.9 Å². The fraction of sp³-hybridized carbons (Fsp3) is 0.400. The summed E-state index contributed by atoms with van der Waals surface area (Å²) in [6.45, 7) is 6.45. The molecule has 0 aromatic heterocycles. The van der Waals surface area contributed by atoms with Crippen LogP contribution in [0.15, 0.2) is 46.9 Å². The maximum atomic E-state index is 13.1. The first-order valence-electron chi connectivity index (χ1n) is 11.3. The van der Waals surface area contributed by atoms with Crippen LogP contribution in [0.5, 0.6) is 5.75 Å². The molecule has 2 aromatic rings. The fourth-order valence-electron chi connectivity index (χ4n) is 3.58. The Hall–Kier alpha value is -2.45. The van der Waals surface area contributed by atoms with Gasteiger partial charge in [0.15, 0.2) is 5.11 Å². The number of carbonyl (C=O) groups excluding carboxylic acids is 2. The van der Waals surface area contributed by atoms with Crippen LogP contribution in [0.2, 0.25) is 0 Å². The Bertz CT molecular complexity index is 1010. The van der Waals surface area contributed by atoms with E-state index in [1.807, 2.05) is 17.0 Å². The molecule has 2 aromatic carbocycles. The van der Waals surface area contributed by atoms with Crippen LogP contribution >= 0.6 is 28.1 Å². The predicted molar refractivity (Wildman–Crippen MR) is 139 cm³/mol. The van der Waals surface area contributed by atoms with Gasteiger partial charge in [0.05, 0.1) is 22.3 Å². The van der Waals surface area contributed by atoms with E-state index < -0.39 is 0 Å². The molecule has 1 heterocycles. The summed E-state index contributed by atoms with van der Waals surface area (Å²) >= 11 is 8.81. The molecule has 33 heavy (non-hydrogen) atoms. The Morgan fingerprint density at radius 3 is 2.61 bits per heavy atom. The van der Waals surface area contributed by atoms with Gasteiger partial charge in [-0.05, 0) is 83.7 Å². The maximum absolute atomic E-state index is 13.1. The molecular weight excluding hydrogens is 502 g/mol. The number of piperidine rings is 1. The topological polar surface area (TPSA) is 70.7 Å². The molecule has 1 fully saturated rings. The first kappa shape index (κ1) is 25.2. The zero-order valence-electron chi connectivity index (χ0n) is 19.0. The largest absolute Gasteiger partial charge is 0.492 e. The zero-order valence-corrected chi connectivity index (χ0v) is 21.4. The lowest BCUT2D eigenvalue weighted by molar-refractivity contribution is 0.0698. The Morgan fingerprint density at radius 1 is 1.18 bits per heavy atom. The van der Waals surface area contributed by atoms with Gasteiger partial charge in [-0.2, -0.15) is 0 Å². The van der Waals surface area contributed by atoms with Crippen molar-refractivity contribution in [3.8, 4) is 5.75 Å². The monoisotopic (exact) mass is 531 g/mol. The number of ether oxygens (including phenoxy) is 1. The Kier molecular flexibility index (Phi) is 9.26. The maximum Gasteiger partial charge on any atom is 0.257 e. The van der Waals surface area contributed by atoms with E-state index in [-0.39, 0.29) is 16.9 Å². The standard InChI is InChI=1S/C25H30BrN3O3S/c1-3-4-15-32-22-10-9-18(16-20(22)26)23(30)28-25(33)27-21-8-6-5-7-19(21)24(31)29-13-11-17(2)12-14-29/h5-10,16-17H,3-4,11-15H2,1-2H3,(H2,27,28,30,33). The van der Waals surface area contributed by atoms with E-state index in [1.165, 1.54) is 0 Å². The minimum absolute atomic E-state index is 0.0262. The molecular formula is C25H30BrN3O3S. The molecule has 3 rings (SSSR count). The lowest BCUT2D eigenvalue weighted by atomic mass is 9.98. The molecule has 0 radical (unpaired) electrons. The van der Waals surface area contributed by atoms with Crippen LogP contribution in [-0.4, -0.2) is 41.5 Å². The highest BCUT2D eigenvalue weighted by Gasteiger charge is 2.23. The third-order valence-electron chi connectivity index (χ3n) is 5.65. The number of nitrogens with one attached hydrogen (secondary N) is 2. The number of halogens is 1. The second kappa shape index (κ2) is 12.1. The van der Waals surface area contributed by atoms with Crippen molar-refractivity contribution in [1.29, 1.82) is 0 Å². The predicted octanol–water partition coefficient (Wildman–Crippen LogP) is 5.63. The molecule has 2 N–H and O–H groups in total. The summed E-state index contributed by atoms with van der Waals surface area (Å²) in [6.07, 6.45) is 4.03. The second-order valence-corrected chi connectivity index (χ2v) is 9.54. The Morgan fingerprint density at radius 2 is 1.91 bits per heavy atom. The summed E-state index contributed by atoms with van der Waals surface area (Å²) < 4.78 is 6.42. The van der Waals surface area contributed by atoms with E-state index in [9.17, 15) is 9.59 Å². The first-order valence-corrected chi connectivity index (χ1v) is 12.5. The van der Waals surface area contributed by atoms with Crippen molar-refractivity contribution < 1.29 is 14.3 Å². The van der Waals surface area contributed by atoms with Crippen LogP contribution in [0.25, 0.3) is 0 Å². The third kappa shape index (κ3) is 7.01. The SMILES string of the molecule is CCCCOc1ccc(C(=O)NC(=S)Nc2ccccc2C(=O)N2CCC(C)CC2)cc1Br. The highest BCUT2D eigenvalue weighted by molar-refractivity contribution is 9.10. The summed E-state index contributed by atoms with van der Waals surface area (Å²) in [4.78, 5) is 27.6. The van der Waals surface area contributed by atoms with Crippen LogP contribution in [0, 0.1) is 5.92 Å². The van der Waals surface area contributed by atoms with Crippen molar-refractivity contribution in [3.05, 3.63) is 58.1 Å². The van der Waals surface area contributed by atoms with E-state index in [0.29, 0.717) is 39.6 Å². The van der Waals surface area contributed by atoms with E-state index in [1.54, 1.807) is 30.3 Å². The molecule has 0 saturated carbocycles. The van der Waals surface area contributed by atoms with Crippen molar-refractivity contribution in [2.24, 2.45) is 5.92 Å². The average Bonchev–Trinajstić information content (AvgIpc) is 2.80. The number of nitrogens with zero attached hydrogens (tertiary/aromatic N) is 1. The van der Waals surface area contributed by atoms with Gasteiger partial charge in [0.2, 0.25) is 0 Å². The molecule has 6 nitrogen and oxygen atoms in total. The minimum Gasteiger partial charge on any atom is -0.492 e. The number of anilines is 1. The third-order valence-corrected chi connectivity index (χ3v) is 6.48. The number of thiocarbonyl (C=S) groups is 1. The molecule has 1 aliphatic heterocycles. The molecule has 0 atom stereocenters. The van der Waals surface area contributed by atoms with Gasteiger partial charge in [0, 0.05) is 18.7 Å². The van der Waals surface area contributed by atoms with Gasteiger partial charge in [0.1, 0.15) is 5.75 Å². The molecule has 0 unspecified atom stereocenters. The van der Waals surface area contributed by atoms with Crippen LogP contribution in [0.3, 0.4) is 0 Å². The molecule has 1 saturated heterocycles. The summed E-state index contributed by atoms with van der Waals surface area (Å²) in [5.74, 6) is 0.964. The number of para-hydroxylation sites is 1. The van der Waals surface area contributed by atoms with E-state index in [4.69, 9.17) is 17.0 Å². The summed E-state index contributed by atoms with van der Waals surface area (Å²) in [7, 11) is 0. The van der Waals surface area contributed by atoms with Crippen molar-refractivity contribution in [2.75, 3.05) is 25.0 Å². The minimum atomic E-state index is -0.345. The number of rotatable bonds is 7. The number of unbranched alkanes of at least 4 members (excludes halogenated alkanes) is 1. The van der Waals surface area contributed by atoms with Gasteiger partial charge >= 0.3 is 0 Å². The van der Waals surface area contributed by atoms with E-state index >= 15 is 0 Å². The van der Waals surface area contributed by atoms with Gasteiger partial charge < -0.3 is 15.0 Å².